The molecule has 0 spiro atoms. The minimum Gasteiger partial charge on any atom is -0.362 e. The molecule has 0 radical (unpaired) electrons. The number of hydrogen-bond donors (Lipinski definition) is 3. The third-order valence-corrected chi connectivity index (χ3v) is 4.27. The van der Waals surface area contributed by atoms with Crippen molar-refractivity contribution in [2.45, 2.75) is 13.3 Å². The van der Waals surface area contributed by atoms with E-state index < -0.39 is 0 Å². The van der Waals surface area contributed by atoms with E-state index in [4.69, 9.17) is 23.8 Å². The average Bonchev–Trinajstić information content (AvgIpc) is 2.94. The van der Waals surface area contributed by atoms with E-state index in [1.807, 2.05) is 31.2 Å². The van der Waals surface area contributed by atoms with E-state index in [9.17, 15) is 0 Å². The summed E-state index contributed by atoms with van der Waals surface area (Å²) in [5, 5.41) is 9.07. The summed E-state index contributed by atoms with van der Waals surface area (Å²) in [5.74, 6) is 0. The average molecular weight is 344 g/mol. The molecule has 1 heterocycles. The molecule has 0 saturated heterocycles. The van der Waals surface area contributed by atoms with Gasteiger partial charge in [0.2, 0.25) is 0 Å². The van der Waals surface area contributed by atoms with E-state index in [2.05, 4.69) is 40.0 Å². The molecule has 0 aliphatic carbocycles. The first-order valence-electron chi connectivity index (χ1n) is 7.49. The molecule has 0 aliphatic rings. The number of thiocarbonyl (C=S) groups is 1. The second kappa shape index (κ2) is 7.02. The van der Waals surface area contributed by atoms with Gasteiger partial charge in [-0.25, -0.2) is 0 Å². The Bertz CT molecular complexity index is 841. The Kier molecular flexibility index (Phi) is 4.84. The zero-order valence-electron chi connectivity index (χ0n) is 12.8. The second-order valence-corrected chi connectivity index (χ2v) is 6.29. The first-order valence-corrected chi connectivity index (χ1v) is 8.28. The van der Waals surface area contributed by atoms with Gasteiger partial charge in [-0.2, -0.15) is 0 Å². The number of H-pyrrole nitrogens is 1. The van der Waals surface area contributed by atoms with Crippen LogP contribution in [0.2, 0.25) is 5.02 Å². The molecule has 0 bridgehead atoms. The van der Waals surface area contributed by atoms with Gasteiger partial charge in [0.05, 0.1) is 0 Å². The standard InChI is InChI=1S/C18H18ClN3S/c1-12-10-14(19)6-7-16(12)22-18(23)20-9-8-13-11-21-17-5-3-2-4-15(13)17/h2-7,10-11,21H,8-9H2,1H3,(H2,20,22,23). The number of benzene rings is 2. The normalized spacial score (nSPS) is 10.7. The van der Waals surface area contributed by atoms with Crippen LogP contribution in [0.1, 0.15) is 11.1 Å². The predicted octanol–water partition coefficient (Wildman–Crippen LogP) is 4.66. The van der Waals surface area contributed by atoms with Crippen LogP contribution in [0.4, 0.5) is 5.69 Å². The highest BCUT2D eigenvalue weighted by atomic mass is 35.5. The van der Waals surface area contributed by atoms with Gasteiger partial charge in [-0.05, 0) is 61.0 Å². The van der Waals surface area contributed by atoms with Gasteiger partial charge >= 0.3 is 0 Å². The molecule has 5 heteroatoms. The summed E-state index contributed by atoms with van der Waals surface area (Å²) in [6.45, 7) is 2.78. The quantitative estimate of drug-likeness (QED) is 0.603. The number of hydrogen-bond acceptors (Lipinski definition) is 1. The van der Waals surface area contributed by atoms with Gasteiger partial charge in [-0.1, -0.05) is 29.8 Å². The Morgan fingerprint density at radius 1 is 1.22 bits per heavy atom. The highest BCUT2D eigenvalue weighted by Gasteiger charge is 2.04. The molecular formula is C18H18ClN3S. The van der Waals surface area contributed by atoms with Gasteiger partial charge in [-0.15, -0.1) is 0 Å². The Balaban J connectivity index is 1.55. The van der Waals surface area contributed by atoms with Crippen LogP contribution in [-0.2, 0) is 6.42 Å². The summed E-state index contributed by atoms with van der Waals surface area (Å²) in [6.07, 6.45) is 2.97. The van der Waals surface area contributed by atoms with E-state index in [0.717, 1.165) is 29.2 Å². The third-order valence-electron chi connectivity index (χ3n) is 3.79. The van der Waals surface area contributed by atoms with Crippen LogP contribution in [0.25, 0.3) is 10.9 Å². The van der Waals surface area contributed by atoms with Gasteiger partial charge < -0.3 is 15.6 Å². The van der Waals surface area contributed by atoms with Gasteiger partial charge in [0, 0.05) is 34.4 Å². The number of fused-ring (bicyclic) bond motifs is 1. The molecular weight excluding hydrogens is 326 g/mol. The molecule has 3 aromatic rings. The largest absolute Gasteiger partial charge is 0.362 e. The molecule has 0 amide bonds. The van der Waals surface area contributed by atoms with Crippen molar-refractivity contribution >= 4 is 45.5 Å². The lowest BCUT2D eigenvalue weighted by molar-refractivity contribution is 0.878. The fourth-order valence-electron chi connectivity index (χ4n) is 2.58. The van der Waals surface area contributed by atoms with Crippen molar-refractivity contribution in [3.05, 3.63) is 64.8 Å². The lowest BCUT2D eigenvalue weighted by Crippen LogP contribution is -2.30. The zero-order chi connectivity index (χ0) is 16.2. The van der Waals surface area contributed by atoms with Gasteiger partial charge in [-0.3, -0.25) is 0 Å². The van der Waals surface area contributed by atoms with Crippen molar-refractivity contribution in [3.8, 4) is 0 Å². The number of aromatic amines is 1. The van der Waals surface area contributed by atoms with E-state index in [0.29, 0.717) is 5.11 Å². The molecule has 0 atom stereocenters. The minimum absolute atomic E-state index is 0.621. The fraction of sp³-hybridized carbons (Fsp3) is 0.167. The highest BCUT2D eigenvalue weighted by Crippen LogP contribution is 2.20. The van der Waals surface area contributed by atoms with Gasteiger partial charge in [0.1, 0.15) is 0 Å². The molecule has 0 fully saturated rings. The first kappa shape index (κ1) is 15.8. The van der Waals surface area contributed by atoms with E-state index in [1.165, 1.54) is 16.5 Å². The SMILES string of the molecule is Cc1cc(Cl)ccc1NC(=S)NCCc1c[nH]c2ccccc12. The van der Waals surface area contributed by atoms with Gasteiger partial charge in [0.25, 0.3) is 0 Å². The van der Waals surface area contributed by atoms with Crippen molar-refractivity contribution < 1.29 is 0 Å². The smallest absolute Gasteiger partial charge is 0.170 e. The molecule has 3 nitrogen and oxygen atoms in total. The van der Waals surface area contributed by atoms with Crippen LogP contribution >= 0.6 is 23.8 Å². The topological polar surface area (TPSA) is 39.8 Å². The maximum absolute atomic E-state index is 5.96. The maximum Gasteiger partial charge on any atom is 0.170 e. The van der Waals surface area contributed by atoms with Crippen LogP contribution < -0.4 is 10.6 Å². The monoisotopic (exact) mass is 343 g/mol. The van der Waals surface area contributed by atoms with E-state index in [-0.39, 0.29) is 0 Å². The molecule has 1 aromatic heterocycles. The lowest BCUT2D eigenvalue weighted by atomic mass is 10.1. The van der Waals surface area contributed by atoms with Crippen molar-refractivity contribution in [2.75, 3.05) is 11.9 Å². The van der Waals surface area contributed by atoms with Crippen molar-refractivity contribution in [1.29, 1.82) is 0 Å². The van der Waals surface area contributed by atoms with Crippen molar-refractivity contribution in [2.24, 2.45) is 0 Å². The molecule has 0 saturated carbocycles. The van der Waals surface area contributed by atoms with Crippen LogP contribution in [0.15, 0.2) is 48.7 Å². The Labute approximate surface area is 146 Å². The predicted molar refractivity (Wildman–Crippen MR) is 102 cm³/mol. The number of aryl methyl sites for hydroxylation is 1. The Morgan fingerprint density at radius 3 is 2.87 bits per heavy atom. The van der Waals surface area contributed by atoms with Crippen LogP contribution in [0.5, 0.6) is 0 Å². The van der Waals surface area contributed by atoms with E-state index in [1.54, 1.807) is 0 Å². The Hall–Kier alpha value is -2.04. The number of anilines is 1. The lowest BCUT2D eigenvalue weighted by Gasteiger charge is -2.12. The molecule has 3 N–H and O–H groups in total. The highest BCUT2D eigenvalue weighted by molar-refractivity contribution is 7.80. The third kappa shape index (κ3) is 3.84. The number of rotatable bonds is 4. The minimum atomic E-state index is 0.621. The molecule has 118 valence electrons. The summed E-state index contributed by atoms with van der Waals surface area (Å²) >= 11 is 11.3. The number of aromatic nitrogens is 1. The Morgan fingerprint density at radius 2 is 2.04 bits per heavy atom. The summed E-state index contributed by atoms with van der Waals surface area (Å²) in [5.41, 5.74) is 4.50. The van der Waals surface area contributed by atoms with Crippen LogP contribution in [-0.4, -0.2) is 16.6 Å². The van der Waals surface area contributed by atoms with Crippen molar-refractivity contribution in [3.63, 3.8) is 0 Å². The molecule has 0 aliphatic heterocycles. The molecule has 3 rings (SSSR count). The fourth-order valence-corrected chi connectivity index (χ4v) is 3.02. The van der Waals surface area contributed by atoms with E-state index >= 15 is 0 Å². The molecule has 23 heavy (non-hydrogen) atoms. The number of para-hydroxylation sites is 1. The van der Waals surface area contributed by atoms with Crippen LogP contribution in [0, 0.1) is 6.92 Å². The molecule has 0 unspecified atom stereocenters. The summed E-state index contributed by atoms with van der Waals surface area (Å²) < 4.78 is 0. The molecule has 2 aromatic carbocycles. The van der Waals surface area contributed by atoms with Gasteiger partial charge in [0.15, 0.2) is 5.11 Å². The maximum atomic E-state index is 5.96. The number of halogens is 1. The zero-order valence-corrected chi connectivity index (χ0v) is 14.4. The first-order chi connectivity index (χ1) is 11.1. The van der Waals surface area contributed by atoms with Crippen LogP contribution in [0.3, 0.4) is 0 Å². The summed E-state index contributed by atoms with van der Waals surface area (Å²) in [6, 6.07) is 14.0. The van der Waals surface area contributed by atoms with Crippen molar-refractivity contribution in [1.82, 2.24) is 10.3 Å². The summed E-state index contributed by atoms with van der Waals surface area (Å²) in [4.78, 5) is 3.29. The summed E-state index contributed by atoms with van der Waals surface area (Å²) in [7, 11) is 0. The number of nitrogens with one attached hydrogen (secondary N) is 3. The second-order valence-electron chi connectivity index (χ2n) is 5.45.